The number of anilines is 2. The number of fused-ring (bicyclic) bond motifs is 1. The zero-order valence-electron chi connectivity index (χ0n) is 11.2. The molecule has 1 heterocycles. The van der Waals surface area contributed by atoms with Gasteiger partial charge in [0.25, 0.3) is 0 Å². The van der Waals surface area contributed by atoms with Gasteiger partial charge in [-0.1, -0.05) is 30.3 Å². The number of para-hydroxylation sites is 1. The van der Waals surface area contributed by atoms with Crippen molar-refractivity contribution in [3.8, 4) is 0 Å². The molecule has 3 nitrogen and oxygen atoms in total. The number of hydrogen-bond donors (Lipinski definition) is 1. The molecular formula is C16H17N3S. The fourth-order valence-electron chi connectivity index (χ4n) is 2.28. The van der Waals surface area contributed by atoms with E-state index in [-0.39, 0.29) is 0 Å². The summed E-state index contributed by atoms with van der Waals surface area (Å²) < 4.78 is 4.54. The molecule has 0 bridgehead atoms. The first-order valence-electron chi connectivity index (χ1n) is 6.77. The van der Waals surface area contributed by atoms with Crippen molar-refractivity contribution in [1.82, 2.24) is 4.37 Å². The summed E-state index contributed by atoms with van der Waals surface area (Å²) in [5.74, 6) is 0. The van der Waals surface area contributed by atoms with Gasteiger partial charge in [0.2, 0.25) is 0 Å². The average molecular weight is 283 g/mol. The molecule has 3 aromatic rings. The van der Waals surface area contributed by atoms with E-state index < -0.39 is 0 Å². The summed E-state index contributed by atoms with van der Waals surface area (Å²) in [6.45, 7) is 1.60. The van der Waals surface area contributed by atoms with E-state index in [1.807, 2.05) is 12.1 Å². The third-order valence-electron chi connectivity index (χ3n) is 3.26. The number of aromatic nitrogens is 1. The Morgan fingerprint density at radius 1 is 1.00 bits per heavy atom. The van der Waals surface area contributed by atoms with Crippen molar-refractivity contribution < 1.29 is 0 Å². The predicted molar refractivity (Wildman–Crippen MR) is 86.7 cm³/mol. The van der Waals surface area contributed by atoms with Gasteiger partial charge in [-0.15, -0.1) is 0 Å². The summed E-state index contributed by atoms with van der Waals surface area (Å²) in [5.41, 5.74) is 7.93. The molecule has 3 rings (SSSR count). The third-order valence-corrected chi connectivity index (χ3v) is 4.17. The fourth-order valence-corrected chi connectivity index (χ4v) is 3.19. The van der Waals surface area contributed by atoms with Crippen LogP contribution in [0.5, 0.6) is 0 Å². The minimum Gasteiger partial charge on any atom is -0.331 e. The molecule has 0 spiro atoms. The van der Waals surface area contributed by atoms with Crippen LogP contribution < -0.4 is 10.6 Å². The Morgan fingerprint density at radius 3 is 2.55 bits per heavy atom. The highest BCUT2D eigenvalue weighted by atomic mass is 32.1. The standard InChI is InChI=1S/C16H17N3S/c17-11-6-12-19(13-7-2-1-3-8-13)16-14-9-4-5-10-15(14)18-20-16/h1-5,7-10H,6,11-12,17H2. The molecule has 102 valence electrons. The lowest BCUT2D eigenvalue weighted by molar-refractivity contribution is 0.823. The lowest BCUT2D eigenvalue weighted by atomic mass is 10.2. The van der Waals surface area contributed by atoms with Crippen LogP contribution in [0.1, 0.15) is 6.42 Å². The van der Waals surface area contributed by atoms with Crippen molar-refractivity contribution in [2.24, 2.45) is 5.73 Å². The minimum atomic E-state index is 0.695. The van der Waals surface area contributed by atoms with Crippen molar-refractivity contribution in [3.63, 3.8) is 0 Å². The highest BCUT2D eigenvalue weighted by molar-refractivity contribution is 7.12. The second-order valence-corrected chi connectivity index (χ2v) is 5.39. The molecule has 4 heteroatoms. The van der Waals surface area contributed by atoms with Gasteiger partial charge in [0.05, 0.1) is 5.52 Å². The van der Waals surface area contributed by atoms with Crippen molar-refractivity contribution in [3.05, 3.63) is 54.6 Å². The molecule has 1 aromatic heterocycles. The van der Waals surface area contributed by atoms with Crippen LogP contribution >= 0.6 is 11.5 Å². The summed E-state index contributed by atoms with van der Waals surface area (Å²) in [7, 11) is 0. The third kappa shape index (κ3) is 2.53. The van der Waals surface area contributed by atoms with Crippen LogP contribution in [0.4, 0.5) is 10.7 Å². The number of hydrogen-bond acceptors (Lipinski definition) is 4. The van der Waals surface area contributed by atoms with Gasteiger partial charge in [-0.05, 0) is 48.8 Å². The molecule has 2 aromatic carbocycles. The first-order valence-corrected chi connectivity index (χ1v) is 7.54. The molecule has 0 saturated carbocycles. The van der Waals surface area contributed by atoms with E-state index in [4.69, 9.17) is 5.73 Å². The van der Waals surface area contributed by atoms with Gasteiger partial charge in [-0.3, -0.25) is 0 Å². The topological polar surface area (TPSA) is 42.1 Å². The summed E-state index contributed by atoms with van der Waals surface area (Å²) >= 11 is 1.55. The molecular weight excluding hydrogens is 266 g/mol. The summed E-state index contributed by atoms with van der Waals surface area (Å²) in [4.78, 5) is 2.31. The highest BCUT2D eigenvalue weighted by Gasteiger charge is 2.14. The monoisotopic (exact) mass is 283 g/mol. The Hall–Kier alpha value is -1.91. The molecule has 0 radical (unpaired) electrons. The summed E-state index contributed by atoms with van der Waals surface area (Å²) in [6, 6.07) is 18.7. The molecule has 0 aliphatic rings. The van der Waals surface area contributed by atoms with Crippen LogP contribution in [-0.4, -0.2) is 17.5 Å². The van der Waals surface area contributed by atoms with E-state index in [9.17, 15) is 0 Å². The molecule has 2 N–H and O–H groups in total. The first kappa shape index (κ1) is 13.1. The lowest BCUT2D eigenvalue weighted by Crippen LogP contribution is -2.20. The van der Waals surface area contributed by atoms with E-state index in [1.54, 1.807) is 11.5 Å². The second kappa shape index (κ2) is 6.03. The van der Waals surface area contributed by atoms with Crippen molar-refractivity contribution in [2.45, 2.75) is 6.42 Å². The van der Waals surface area contributed by atoms with Crippen LogP contribution in [0.25, 0.3) is 10.9 Å². The first-order chi connectivity index (χ1) is 9.90. The molecule has 0 unspecified atom stereocenters. The summed E-state index contributed by atoms with van der Waals surface area (Å²) in [5, 5.41) is 2.40. The molecule has 20 heavy (non-hydrogen) atoms. The SMILES string of the molecule is NCCCN(c1ccccc1)c1snc2ccccc12. The molecule has 0 fully saturated rings. The normalized spacial score (nSPS) is 10.8. The molecule has 0 atom stereocenters. The highest BCUT2D eigenvalue weighted by Crippen LogP contribution is 2.35. The average Bonchev–Trinajstić information content (AvgIpc) is 2.93. The van der Waals surface area contributed by atoms with Gasteiger partial charge in [0.15, 0.2) is 0 Å². The van der Waals surface area contributed by atoms with Gasteiger partial charge in [-0.25, -0.2) is 0 Å². The maximum atomic E-state index is 5.68. The minimum absolute atomic E-state index is 0.695. The van der Waals surface area contributed by atoms with Crippen LogP contribution in [0.2, 0.25) is 0 Å². The Morgan fingerprint density at radius 2 is 1.75 bits per heavy atom. The fraction of sp³-hybridized carbons (Fsp3) is 0.188. The molecule has 0 amide bonds. The largest absolute Gasteiger partial charge is 0.331 e. The molecule has 0 aliphatic carbocycles. The van der Waals surface area contributed by atoms with Crippen LogP contribution in [0, 0.1) is 0 Å². The predicted octanol–water partition coefficient (Wildman–Crippen LogP) is 3.78. The van der Waals surface area contributed by atoms with Gasteiger partial charge in [0.1, 0.15) is 5.00 Å². The maximum Gasteiger partial charge on any atom is 0.124 e. The van der Waals surface area contributed by atoms with Gasteiger partial charge in [-0.2, -0.15) is 4.37 Å². The molecule has 0 aliphatic heterocycles. The number of nitrogens with two attached hydrogens (primary N) is 1. The summed E-state index contributed by atoms with van der Waals surface area (Å²) in [6.07, 6.45) is 0.959. The number of benzene rings is 2. The Kier molecular flexibility index (Phi) is 3.95. The number of nitrogens with zero attached hydrogens (tertiary/aromatic N) is 2. The van der Waals surface area contributed by atoms with Crippen molar-refractivity contribution in [2.75, 3.05) is 18.0 Å². The smallest absolute Gasteiger partial charge is 0.124 e. The van der Waals surface area contributed by atoms with Crippen LogP contribution in [0.15, 0.2) is 54.6 Å². The van der Waals surface area contributed by atoms with E-state index in [2.05, 4.69) is 51.7 Å². The van der Waals surface area contributed by atoms with Crippen molar-refractivity contribution >= 4 is 33.1 Å². The van der Waals surface area contributed by atoms with Gasteiger partial charge in [0, 0.05) is 17.6 Å². The molecule has 0 saturated heterocycles. The van der Waals surface area contributed by atoms with Crippen LogP contribution in [-0.2, 0) is 0 Å². The Balaban J connectivity index is 2.05. The van der Waals surface area contributed by atoms with Gasteiger partial charge >= 0.3 is 0 Å². The zero-order chi connectivity index (χ0) is 13.8. The maximum absolute atomic E-state index is 5.68. The van der Waals surface area contributed by atoms with Crippen LogP contribution in [0.3, 0.4) is 0 Å². The van der Waals surface area contributed by atoms with E-state index in [0.717, 1.165) is 18.5 Å². The zero-order valence-corrected chi connectivity index (χ0v) is 12.0. The Bertz CT molecular complexity index is 678. The number of rotatable bonds is 5. The van der Waals surface area contributed by atoms with E-state index in [0.29, 0.717) is 6.54 Å². The van der Waals surface area contributed by atoms with E-state index in [1.165, 1.54) is 16.1 Å². The Labute approximate surface area is 122 Å². The van der Waals surface area contributed by atoms with Gasteiger partial charge < -0.3 is 10.6 Å². The van der Waals surface area contributed by atoms with Crippen molar-refractivity contribution in [1.29, 1.82) is 0 Å². The second-order valence-electron chi connectivity index (χ2n) is 4.63. The van der Waals surface area contributed by atoms with E-state index >= 15 is 0 Å². The lowest BCUT2D eigenvalue weighted by Gasteiger charge is -2.23. The quantitative estimate of drug-likeness (QED) is 0.774.